The average molecular weight is 304 g/mol. The van der Waals surface area contributed by atoms with Crippen LogP contribution in [0.15, 0.2) is 73.3 Å². The van der Waals surface area contributed by atoms with Crippen molar-refractivity contribution in [3.63, 3.8) is 0 Å². The summed E-state index contributed by atoms with van der Waals surface area (Å²) < 4.78 is 0. The highest BCUT2D eigenvalue weighted by Gasteiger charge is 2.24. The molecule has 0 amide bonds. The SMILES string of the molecule is C=C[C@@](CC)(C/C=C/c1ccc(C(C)C)cc1)c1ccccc1. The monoisotopic (exact) mass is 304 g/mol. The minimum absolute atomic E-state index is 0.0234. The van der Waals surface area contributed by atoms with Crippen molar-refractivity contribution in [1.29, 1.82) is 0 Å². The van der Waals surface area contributed by atoms with E-state index in [1.165, 1.54) is 16.7 Å². The first-order chi connectivity index (χ1) is 11.1. The normalized spacial score (nSPS) is 14.1. The third-order valence-electron chi connectivity index (χ3n) is 4.77. The van der Waals surface area contributed by atoms with Crippen molar-refractivity contribution in [2.24, 2.45) is 0 Å². The topological polar surface area (TPSA) is 0 Å². The van der Waals surface area contributed by atoms with Crippen LogP contribution in [0, 0.1) is 0 Å². The lowest BCUT2D eigenvalue weighted by molar-refractivity contribution is 0.524. The fourth-order valence-corrected chi connectivity index (χ4v) is 2.98. The Balaban J connectivity index is 2.14. The molecule has 0 unspecified atom stereocenters. The van der Waals surface area contributed by atoms with Gasteiger partial charge < -0.3 is 0 Å². The molecule has 120 valence electrons. The predicted molar refractivity (Wildman–Crippen MR) is 103 cm³/mol. The summed E-state index contributed by atoms with van der Waals surface area (Å²) in [6.45, 7) is 10.8. The maximum atomic E-state index is 4.10. The molecule has 23 heavy (non-hydrogen) atoms. The first kappa shape index (κ1) is 17.3. The highest BCUT2D eigenvalue weighted by molar-refractivity contribution is 5.50. The van der Waals surface area contributed by atoms with Crippen LogP contribution in [0.25, 0.3) is 6.08 Å². The van der Waals surface area contributed by atoms with Crippen LogP contribution in [0.4, 0.5) is 0 Å². The molecule has 0 bridgehead atoms. The van der Waals surface area contributed by atoms with Crippen molar-refractivity contribution in [3.8, 4) is 0 Å². The molecule has 0 aromatic heterocycles. The number of allylic oxidation sites excluding steroid dienone is 2. The number of hydrogen-bond acceptors (Lipinski definition) is 0. The van der Waals surface area contributed by atoms with E-state index in [0.717, 1.165) is 12.8 Å². The van der Waals surface area contributed by atoms with E-state index in [2.05, 4.69) is 100 Å². The third kappa shape index (κ3) is 4.22. The highest BCUT2D eigenvalue weighted by Crippen LogP contribution is 2.33. The molecule has 0 aliphatic carbocycles. The molecular formula is C23H28. The lowest BCUT2D eigenvalue weighted by Gasteiger charge is -2.28. The molecule has 0 heteroatoms. The van der Waals surface area contributed by atoms with Gasteiger partial charge in [-0.2, -0.15) is 0 Å². The van der Waals surface area contributed by atoms with Crippen LogP contribution in [-0.2, 0) is 5.41 Å². The summed E-state index contributed by atoms with van der Waals surface area (Å²) in [5.41, 5.74) is 4.02. The standard InChI is InChI=1S/C23H28/c1-5-23(6-2,22-12-8-7-9-13-22)18-10-11-20-14-16-21(17-15-20)19(3)4/h5,7-17,19H,1,6,18H2,2-4H3/b11-10+/t23-/m1/s1. The lowest BCUT2D eigenvalue weighted by atomic mass is 9.75. The summed E-state index contributed by atoms with van der Waals surface area (Å²) in [6.07, 6.45) is 8.64. The van der Waals surface area contributed by atoms with E-state index in [1.54, 1.807) is 0 Å². The minimum Gasteiger partial charge on any atom is -0.102 e. The third-order valence-corrected chi connectivity index (χ3v) is 4.77. The number of hydrogen-bond donors (Lipinski definition) is 0. The Kier molecular flexibility index (Phi) is 5.98. The Hall–Kier alpha value is -2.08. The zero-order chi connectivity index (χ0) is 16.7. The summed E-state index contributed by atoms with van der Waals surface area (Å²) in [5.74, 6) is 0.583. The molecule has 2 aromatic rings. The van der Waals surface area contributed by atoms with Gasteiger partial charge in [0.1, 0.15) is 0 Å². The molecule has 0 radical (unpaired) electrons. The van der Waals surface area contributed by atoms with E-state index < -0.39 is 0 Å². The maximum absolute atomic E-state index is 4.10. The van der Waals surface area contributed by atoms with Crippen molar-refractivity contribution >= 4 is 6.08 Å². The zero-order valence-electron chi connectivity index (χ0n) is 14.6. The van der Waals surface area contributed by atoms with Gasteiger partial charge >= 0.3 is 0 Å². The molecule has 0 saturated heterocycles. The Morgan fingerprint density at radius 1 is 1.00 bits per heavy atom. The molecule has 0 saturated carbocycles. The van der Waals surface area contributed by atoms with Gasteiger partial charge in [0.05, 0.1) is 0 Å². The quantitative estimate of drug-likeness (QED) is 0.496. The fourth-order valence-electron chi connectivity index (χ4n) is 2.98. The second kappa shape index (κ2) is 7.97. The van der Waals surface area contributed by atoms with Crippen molar-refractivity contribution < 1.29 is 0 Å². The number of rotatable bonds is 7. The van der Waals surface area contributed by atoms with Crippen LogP contribution in [0.2, 0.25) is 0 Å². The first-order valence-electron chi connectivity index (χ1n) is 8.57. The van der Waals surface area contributed by atoms with Gasteiger partial charge in [-0.15, -0.1) is 6.58 Å². The highest BCUT2D eigenvalue weighted by atomic mass is 14.3. The van der Waals surface area contributed by atoms with Gasteiger partial charge in [-0.05, 0) is 35.4 Å². The van der Waals surface area contributed by atoms with E-state index in [1.807, 2.05) is 0 Å². The second-order valence-electron chi connectivity index (χ2n) is 6.51. The summed E-state index contributed by atoms with van der Waals surface area (Å²) in [4.78, 5) is 0. The summed E-state index contributed by atoms with van der Waals surface area (Å²) >= 11 is 0. The van der Waals surface area contributed by atoms with Gasteiger partial charge in [-0.3, -0.25) is 0 Å². The molecule has 0 aliphatic heterocycles. The Labute approximate surface area is 141 Å². The predicted octanol–water partition coefficient (Wildman–Crippen LogP) is 6.75. The van der Waals surface area contributed by atoms with Crippen LogP contribution < -0.4 is 0 Å². The molecule has 2 aromatic carbocycles. The van der Waals surface area contributed by atoms with E-state index >= 15 is 0 Å². The smallest absolute Gasteiger partial charge is 0.0161 e. The first-order valence-corrected chi connectivity index (χ1v) is 8.57. The molecule has 0 aliphatic rings. The largest absolute Gasteiger partial charge is 0.102 e. The second-order valence-corrected chi connectivity index (χ2v) is 6.51. The maximum Gasteiger partial charge on any atom is 0.0161 e. The molecule has 0 N–H and O–H groups in total. The van der Waals surface area contributed by atoms with Crippen LogP contribution in [-0.4, -0.2) is 0 Å². The minimum atomic E-state index is 0.0234. The van der Waals surface area contributed by atoms with Crippen LogP contribution >= 0.6 is 0 Å². The van der Waals surface area contributed by atoms with Crippen LogP contribution in [0.1, 0.15) is 56.2 Å². The fraction of sp³-hybridized carbons (Fsp3) is 0.304. The molecule has 2 rings (SSSR count). The molecular weight excluding hydrogens is 276 g/mol. The van der Waals surface area contributed by atoms with Gasteiger partial charge in [-0.25, -0.2) is 0 Å². The molecule has 0 nitrogen and oxygen atoms in total. The molecule has 0 fully saturated rings. The van der Waals surface area contributed by atoms with E-state index in [-0.39, 0.29) is 5.41 Å². The molecule has 0 heterocycles. The molecule has 1 atom stereocenters. The van der Waals surface area contributed by atoms with Crippen molar-refractivity contribution in [3.05, 3.63) is 90.0 Å². The van der Waals surface area contributed by atoms with Gasteiger partial charge in [0.2, 0.25) is 0 Å². The summed E-state index contributed by atoms with van der Waals surface area (Å²) in [7, 11) is 0. The summed E-state index contributed by atoms with van der Waals surface area (Å²) in [6, 6.07) is 19.6. The van der Waals surface area contributed by atoms with Crippen LogP contribution in [0.3, 0.4) is 0 Å². The Bertz CT molecular complexity index is 631. The van der Waals surface area contributed by atoms with Crippen molar-refractivity contribution in [1.82, 2.24) is 0 Å². The van der Waals surface area contributed by atoms with Crippen molar-refractivity contribution in [2.45, 2.75) is 44.9 Å². The van der Waals surface area contributed by atoms with Gasteiger partial charge in [0, 0.05) is 5.41 Å². The molecule has 0 spiro atoms. The van der Waals surface area contributed by atoms with E-state index in [4.69, 9.17) is 0 Å². The van der Waals surface area contributed by atoms with E-state index in [0.29, 0.717) is 5.92 Å². The number of benzene rings is 2. The summed E-state index contributed by atoms with van der Waals surface area (Å²) in [5, 5.41) is 0. The zero-order valence-corrected chi connectivity index (χ0v) is 14.6. The van der Waals surface area contributed by atoms with Crippen molar-refractivity contribution in [2.75, 3.05) is 0 Å². The average Bonchev–Trinajstić information content (AvgIpc) is 2.60. The van der Waals surface area contributed by atoms with Gasteiger partial charge in [0.25, 0.3) is 0 Å². The van der Waals surface area contributed by atoms with Crippen LogP contribution in [0.5, 0.6) is 0 Å². The van der Waals surface area contributed by atoms with Gasteiger partial charge in [-0.1, -0.05) is 93.6 Å². The lowest BCUT2D eigenvalue weighted by Crippen LogP contribution is -2.21. The Morgan fingerprint density at radius 3 is 2.17 bits per heavy atom. The van der Waals surface area contributed by atoms with E-state index in [9.17, 15) is 0 Å². The van der Waals surface area contributed by atoms with Gasteiger partial charge in [0.15, 0.2) is 0 Å². The Morgan fingerprint density at radius 2 is 1.65 bits per heavy atom.